The van der Waals surface area contributed by atoms with Crippen molar-refractivity contribution in [3.05, 3.63) is 35.4 Å². The van der Waals surface area contributed by atoms with Gasteiger partial charge in [-0.2, -0.15) is 0 Å². The molecule has 15 heavy (non-hydrogen) atoms. The number of rotatable bonds is 7. The zero-order chi connectivity index (χ0) is 10.9. The molecule has 0 radical (unpaired) electrons. The van der Waals surface area contributed by atoms with E-state index in [0.717, 1.165) is 31.5 Å². The van der Waals surface area contributed by atoms with Gasteiger partial charge in [-0.05, 0) is 30.5 Å². The van der Waals surface area contributed by atoms with E-state index in [9.17, 15) is 0 Å². The van der Waals surface area contributed by atoms with E-state index in [1.165, 1.54) is 5.56 Å². The monoisotopic (exact) mass is 209 g/mol. The fourth-order valence-corrected chi connectivity index (χ4v) is 1.36. The van der Waals surface area contributed by atoms with E-state index >= 15 is 0 Å². The van der Waals surface area contributed by atoms with Gasteiger partial charge in [0.25, 0.3) is 0 Å². The van der Waals surface area contributed by atoms with Crippen LogP contribution in [0.15, 0.2) is 24.3 Å². The number of hydrogen-bond acceptors (Lipinski definition) is 3. The minimum Gasteiger partial charge on any atom is -0.396 e. The maximum Gasteiger partial charge on any atom is 0.0681 e. The van der Waals surface area contributed by atoms with Crippen molar-refractivity contribution in [2.45, 2.75) is 26.0 Å². The van der Waals surface area contributed by atoms with Crippen LogP contribution >= 0.6 is 0 Å². The lowest BCUT2D eigenvalue weighted by Crippen LogP contribution is -2.14. The maximum absolute atomic E-state index is 8.86. The maximum atomic E-state index is 8.86. The molecule has 1 aromatic carbocycles. The summed E-state index contributed by atoms with van der Waals surface area (Å²) in [7, 11) is 0. The molecule has 1 aromatic rings. The standard InChI is InChI=1S/C12H19NO2/c14-8-2-1-7-13-9-11-3-5-12(10-15)6-4-11/h3-6,13-15H,1-2,7-10H2. The van der Waals surface area contributed by atoms with Gasteiger partial charge in [0, 0.05) is 13.2 Å². The molecule has 84 valence electrons. The van der Waals surface area contributed by atoms with Crippen LogP contribution in [0.4, 0.5) is 0 Å². The van der Waals surface area contributed by atoms with Crippen LogP contribution in [-0.2, 0) is 13.2 Å². The zero-order valence-electron chi connectivity index (χ0n) is 8.95. The lowest BCUT2D eigenvalue weighted by atomic mass is 10.1. The van der Waals surface area contributed by atoms with E-state index in [1.807, 2.05) is 24.3 Å². The Morgan fingerprint density at radius 1 is 0.933 bits per heavy atom. The number of aliphatic hydroxyl groups excluding tert-OH is 2. The quantitative estimate of drug-likeness (QED) is 0.588. The first-order valence-corrected chi connectivity index (χ1v) is 5.37. The van der Waals surface area contributed by atoms with Gasteiger partial charge in [-0.1, -0.05) is 24.3 Å². The molecule has 3 heteroatoms. The van der Waals surface area contributed by atoms with Gasteiger partial charge in [0.15, 0.2) is 0 Å². The number of unbranched alkanes of at least 4 members (excludes halogenated alkanes) is 1. The van der Waals surface area contributed by atoms with Crippen LogP contribution in [0, 0.1) is 0 Å². The molecule has 1 rings (SSSR count). The highest BCUT2D eigenvalue weighted by Gasteiger charge is 1.93. The molecule has 3 nitrogen and oxygen atoms in total. The van der Waals surface area contributed by atoms with Crippen molar-refractivity contribution in [2.75, 3.05) is 13.2 Å². The summed E-state index contributed by atoms with van der Waals surface area (Å²) in [6, 6.07) is 7.91. The highest BCUT2D eigenvalue weighted by Crippen LogP contribution is 2.03. The molecule has 0 aliphatic heterocycles. The zero-order valence-corrected chi connectivity index (χ0v) is 8.95. The minimum absolute atomic E-state index is 0.101. The summed E-state index contributed by atoms with van der Waals surface area (Å²) < 4.78 is 0. The second kappa shape index (κ2) is 7.40. The van der Waals surface area contributed by atoms with Gasteiger partial charge >= 0.3 is 0 Å². The molecular formula is C12H19NO2. The van der Waals surface area contributed by atoms with Gasteiger partial charge < -0.3 is 15.5 Å². The Morgan fingerprint density at radius 3 is 2.20 bits per heavy atom. The first kappa shape index (κ1) is 12.2. The molecule has 0 saturated carbocycles. The number of aliphatic hydroxyl groups is 2. The molecule has 0 fully saturated rings. The van der Waals surface area contributed by atoms with Crippen LogP contribution in [0.3, 0.4) is 0 Å². The van der Waals surface area contributed by atoms with Crippen molar-refractivity contribution < 1.29 is 10.2 Å². The van der Waals surface area contributed by atoms with Crippen molar-refractivity contribution in [2.24, 2.45) is 0 Å². The molecule has 0 heterocycles. The van der Waals surface area contributed by atoms with Crippen molar-refractivity contribution in [3.63, 3.8) is 0 Å². The van der Waals surface area contributed by atoms with E-state index in [2.05, 4.69) is 5.32 Å². The van der Waals surface area contributed by atoms with Crippen molar-refractivity contribution in [1.82, 2.24) is 5.32 Å². The van der Waals surface area contributed by atoms with Crippen LogP contribution < -0.4 is 5.32 Å². The molecular weight excluding hydrogens is 190 g/mol. The predicted molar refractivity (Wildman–Crippen MR) is 60.4 cm³/mol. The van der Waals surface area contributed by atoms with E-state index < -0.39 is 0 Å². The molecule has 0 aliphatic rings. The van der Waals surface area contributed by atoms with E-state index in [-0.39, 0.29) is 13.2 Å². The van der Waals surface area contributed by atoms with Crippen LogP contribution in [0.5, 0.6) is 0 Å². The normalized spacial score (nSPS) is 10.5. The molecule has 0 aliphatic carbocycles. The molecule has 0 bridgehead atoms. The number of nitrogens with one attached hydrogen (secondary N) is 1. The lowest BCUT2D eigenvalue weighted by molar-refractivity contribution is 0.282. The molecule has 0 atom stereocenters. The van der Waals surface area contributed by atoms with Crippen molar-refractivity contribution in [3.8, 4) is 0 Å². The second-order valence-corrected chi connectivity index (χ2v) is 3.58. The average molecular weight is 209 g/mol. The largest absolute Gasteiger partial charge is 0.396 e. The highest BCUT2D eigenvalue weighted by atomic mass is 16.3. The Bertz CT molecular complexity index is 259. The lowest BCUT2D eigenvalue weighted by Gasteiger charge is -2.04. The first-order valence-electron chi connectivity index (χ1n) is 5.37. The summed E-state index contributed by atoms with van der Waals surface area (Å²) in [5, 5.41) is 20.8. The van der Waals surface area contributed by atoms with Gasteiger partial charge in [0.1, 0.15) is 0 Å². The van der Waals surface area contributed by atoms with Crippen molar-refractivity contribution >= 4 is 0 Å². The third-order valence-corrected chi connectivity index (χ3v) is 2.30. The number of hydrogen-bond donors (Lipinski definition) is 3. The topological polar surface area (TPSA) is 52.5 Å². The Hall–Kier alpha value is -0.900. The van der Waals surface area contributed by atoms with Crippen LogP contribution in [0.25, 0.3) is 0 Å². The summed E-state index contributed by atoms with van der Waals surface area (Å²) >= 11 is 0. The van der Waals surface area contributed by atoms with Crippen LogP contribution in [0.1, 0.15) is 24.0 Å². The second-order valence-electron chi connectivity index (χ2n) is 3.58. The Morgan fingerprint density at radius 2 is 1.60 bits per heavy atom. The van der Waals surface area contributed by atoms with Gasteiger partial charge in [0.2, 0.25) is 0 Å². The summed E-state index contributed by atoms with van der Waals surface area (Å²) in [4.78, 5) is 0. The van der Waals surface area contributed by atoms with E-state index in [0.29, 0.717) is 0 Å². The Labute approximate surface area is 90.8 Å². The smallest absolute Gasteiger partial charge is 0.0681 e. The van der Waals surface area contributed by atoms with Gasteiger partial charge in [-0.25, -0.2) is 0 Å². The minimum atomic E-state index is 0.101. The highest BCUT2D eigenvalue weighted by molar-refractivity contribution is 5.21. The van der Waals surface area contributed by atoms with E-state index in [1.54, 1.807) is 0 Å². The van der Waals surface area contributed by atoms with Gasteiger partial charge in [0.05, 0.1) is 6.61 Å². The third kappa shape index (κ3) is 4.93. The molecule has 0 spiro atoms. The van der Waals surface area contributed by atoms with Crippen molar-refractivity contribution in [1.29, 1.82) is 0 Å². The molecule has 0 unspecified atom stereocenters. The SMILES string of the molecule is OCCCCNCc1ccc(CO)cc1. The van der Waals surface area contributed by atoms with E-state index in [4.69, 9.17) is 10.2 Å². The fourth-order valence-electron chi connectivity index (χ4n) is 1.36. The summed E-state index contributed by atoms with van der Waals surface area (Å²) in [6.45, 7) is 2.15. The number of benzene rings is 1. The summed E-state index contributed by atoms with van der Waals surface area (Å²) in [5.41, 5.74) is 2.16. The van der Waals surface area contributed by atoms with Crippen LogP contribution in [-0.4, -0.2) is 23.4 Å². The predicted octanol–water partition coefficient (Wildman–Crippen LogP) is 1.04. The molecule has 3 N–H and O–H groups in total. The Kier molecular flexibility index (Phi) is 6.00. The Balaban J connectivity index is 2.20. The first-order chi connectivity index (χ1) is 7.36. The fraction of sp³-hybridized carbons (Fsp3) is 0.500. The summed E-state index contributed by atoms with van der Waals surface area (Å²) in [6.07, 6.45) is 1.86. The summed E-state index contributed by atoms with van der Waals surface area (Å²) in [5.74, 6) is 0. The molecule has 0 amide bonds. The van der Waals surface area contributed by atoms with Gasteiger partial charge in [-0.15, -0.1) is 0 Å². The van der Waals surface area contributed by atoms with Gasteiger partial charge in [-0.3, -0.25) is 0 Å². The third-order valence-electron chi connectivity index (χ3n) is 2.30. The van der Waals surface area contributed by atoms with Crippen LogP contribution in [0.2, 0.25) is 0 Å². The molecule has 0 saturated heterocycles. The average Bonchev–Trinajstić information content (AvgIpc) is 2.30. The molecule has 0 aromatic heterocycles.